The van der Waals surface area contributed by atoms with Crippen LogP contribution in [0.15, 0.2) is 77.8 Å². The van der Waals surface area contributed by atoms with Gasteiger partial charge in [-0.3, -0.25) is 4.79 Å². The van der Waals surface area contributed by atoms with Crippen LogP contribution < -0.4 is 14.8 Å². The number of carbonyl (C=O) groups is 1. The zero-order valence-electron chi connectivity index (χ0n) is 19.6. The highest BCUT2D eigenvalue weighted by atomic mass is 32.2. The number of fused-ring (bicyclic) bond motifs is 2. The fraction of sp³-hybridized carbons (Fsp3) is 0.179. The number of aryl methyl sites for hydroxylation is 1. The summed E-state index contributed by atoms with van der Waals surface area (Å²) in [4.78, 5) is 22.3. The maximum absolute atomic E-state index is 12.7. The van der Waals surface area contributed by atoms with Crippen LogP contribution in [-0.2, 0) is 11.2 Å². The second-order valence-electron chi connectivity index (χ2n) is 8.19. The first kappa shape index (κ1) is 22.9. The molecular formula is C28H25N3O3S. The number of para-hydroxylation sites is 1. The third kappa shape index (κ3) is 5.30. The van der Waals surface area contributed by atoms with E-state index in [4.69, 9.17) is 19.4 Å². The summed E-state index contributed by atoms with van der Waals surface area (Å²) in [5, 5.41) is 3.71. The van der Waals surface area contributed by atoms with Gasteiger partial charge in [0.15, 0.2) is 5.82 Å². The van der Waals surface area contributed by atoms with Crippen LogP contribution in [0, 0.1) is 6.92 Å². The Kier molecular flexibility index (Phi) is 6.68. The zero-order valence-corrected chi connectivity index (χ0v) is 20.4. The van der Waals surface area contributed by atoms with Crippen LogP contribution in [0.2, 0.25) is 0 Å². The number of rotatable bonds is 7. The molecule has 0 saturated carbocycles. The molecule has 1 aliphatic rings. The monoisotopic (exact) mass is 483 g/mol. The number of anilines is 1. The van der Waals surface area contributed by atoms with Crippen molar-refractivity contribution >= 4 is 23.4 Å². The van der Waals surface area contributed by atoms with Gasteiger partial charge in [0.05, 0.1) is 17.9 Å². The number of hydrogen-bond acceptors (Lipinski definition) is 6. The van der Waals surface area contributed by atoms with Gasteiger partial charge < -0.3 is 14.8 Å². The third-order valence-electron chi connectivity index (χ3n) is 5.54. The molecule has 2 heterocycles. The molecule has 0 bridgehead atoms. The largest absolute Gasteiger partial charge is 0.494 e. The van der Waals surface area contributed by atoms with Crippen LogP contribution in [0.3, 0.4) is 0 Å². The lowest BCUT2D eigenvalue weighted by Crippen LogP contribution is -2.15. The molecule has 3 aromatic carbocycles. The van der Waals surface area contributed by atoms with Crippen molar-refractivity contribution in [3.63, 3.8) is 0 Å². The number of hydrogen-bond donors (Lipinski definition) is 1. The fourth-order valence-electron chi connectivity index (χ4n) is 3.89. The van der Waals surface area contributed by atoms with Crippen LogP contribution in [-0.4, -0.2) is 28.2 Å². The first-order valence-electron chi connectivity index (χ1n) is 11.5. The van der Waals surface area contributed by atoms with Crippen molar-refractivity contribution in [2.75, 3.05) is 17.7 Å². The van der Waals surface area contributed by atoms with Gasteiger partial charge in [-0.05, 0) is 67.4 Å². The van der Waals surface area contributed by atoms with Crippen LogP contribution in [0.25, 0.3) is 11.4 Å². The van der Waals surface area contributed by atoms with Crippen molar-refractivity contribution in [2.45, 2.75) is 25.3 Å². The van der Waals surface area contributed by atoms with E-state index in [1.165, 1.54) is 11.8 Å². The van der Waals surface area contributed by atoms with E-state index in [9.17, 15) is 4.79 Å². The summed E-state index contributed by atoms with van der Waals surface area (Å²) in [6.45, 7) is 4.56. The minimum Gasteiger partial charge on any atom is -0.494 e. The topological polar surface area (TPSA) is 73.3 Å². The Labute approximate surface area is 208 Å². The third-order valence-corrected chi connectivity index (χ3v) is 6.56. The fourth-order valence-corrected chi connectivity index (χ4v) is 4.72. The Hall–Kier alpha value is -3.84. The summed E-state index contributed by atoms with van der Waals surface area (Å²) in [5.74, 6) is 2.80. The normalized spacial score (nSPS) is 11.7. The second kappa shape index (κ2) is 10.2. The van der Waals surface area contributed by atoms with Crippen LogP contribution in [0.1, 0.15) is 23.6 Å². The van der Waals surface area contributed by atoms with Gasteiger partial charge in [0.2, 0.25) is 11.8 Å². The van der Waals surface area contributed by atoms with Gasteiger partial charge in [-0.1, -0.05) is 42.1 Å². The van der Waals surface area contributed by atoms with Gasteiger partial charge in [0, 0.05) is 17.7 Å². The summed E-state index contributed by atoms with van der Waals surface area (Å²) < 4.78 is 11.7. The molecule has 0 aliphatic carbocycles. The lowest BCUT2D eigenvalue weighted by Gasteiger charge is -2.21. The molecule has 0 saturated heterocycles. The molecule has 5 rings (SSSR count). The van der Waals surface area contributed by atoms with E-state index in [-0.39, 0.29) is 11.7 Å². The van der Waals surface area contributed by atoms with Gasteiger partial charge >= 0.3 is 0 Å². The highest BCUT2D eigenvalue weighted by Gasteiger charge is 2.24. The van der Waals surface area contributed by atoms with E-state index in [0.29, 0.717) is 24.7 Å². The van der Waals surface area contributed by atoms with Crippen molar-refractivity contribution in [2.24, 2.45) is 0 Å². The molecule has 0 fully saturated rings. The minimum absolute atomic E-state index is 0.0901. The molecule has 7 heteroatoms. The van der Waals surface area contributed by atoms with Gasteiger partial charge in [-0.25, -0.2) is 4.98 Å². The quantitative estimate of drug-likeness (QED) is 0.217. The average Bonchev–Trinajstić information content (AvgIpc) is 2.86. The van der Waals surface area contributed by atoms with Gasteiger partial charge in [-0.15, -0.1) is 0 Å². The molecule has 1 amide bonds. The highest BCUT2D eigenvalue weighted by Crippen LogP contribution is 2.40. The number of carbonyl (C=O) groups excluding carboxylic acids is 1. The molecule has 0 unspecified atom stereocenters. The number of benzene rings is 3. The Bertz CT molecular complexity index is 1370. The van der Waals surface area contributed by atoms with Crippen LogP contribution in [0.4, 0.5) is 5.69 Å². The maximum atomic E-state index is 12.7. The molecule has 4 aromatic rings. The lowest BCUT2D eigenvalue weighted by molar-refractivity contribution is -0.113. The molecular weight excluding hydrogens is 458 g/mol. The van der Waals surface area contributed by atoms with E-state index in [1.807, 2.05) is 86.6 Å². The number of aromatic nitrogens is 2. The number of ether oxygens (including phenoxy) is 2. The summed E-state index contributed by atoms with van der Waals surface area (Å²) in [6.07, 6.45) is 0.650. The Morgan fingerprint density at radius 1 is 1.06 bits per heavy atom. The van der Waals surface area contributed by atoms with Crippen molar-refractivity contribution < 1.29 is 14.3 Å². The predicted molar refractivity (Wildman–Crippen MR) is 138 cm³/mol. The zero-order chi connectivity index (χ0) is 24.2. The first-order chi connectivity index (χ1) is 17.1. The molecule has 176 valence electrons. The van der Waals surface area contributed by atoms with Crippen molar-refractivity contribution in [1.29, 1.82) is 0 Å². The summed E-state index contributed by atoms with van der Waals surface area (Å²) in [6, 6.07) is 23.4. The van der Waals surface area contributed by atoms with Crippen molar-refractivity contribution in [3.8, 4) is 28.8 Å². The van der Waals surface area contributed by atoms with E-state index < -0.39 is 0 Å². The molecule has 1 N–H and O–H groups in total. The predicted octanol–water partition coefficient (Wildman–Crippen LogP) is 6.28. The average molecular weight is 484 g/mol. The molecule has 1 aromatic heterocycles. The summed E-state index contributed by atoms with van der Waals surface area (Å²) in [7, 11) is 0. The highest BCUT2D eigenvalue weighted by molar-refractivity contribution is 8.00. The lowest BCUT2D eigenvalue weighted by atomic mass is 10.0. The molecule has 0 radical (unpaired) electrons. The maximum Gasteiger partial charge on any atom is 0.234 e. The first-order valence-corrected chi connectivity index (χ1v) is 12.5. The van der Waals surface area contributed by atoms with Gasteiger partial charge in [0.1, 0.15) is 16.5 Å². The molecule has 35 heavy (non-hydrogen) atoms. The van der Waals surface area contributed by atoms with E-state index in [1.54, 1.807) is 0 Å². The SMILES string of the molecule is CCOc1ccc(-c2nc3c(c(SCC(=O)Nc4cccc(C)c4)n2)Cc2ccccc2O3)cc1. The second-order valence-corrected chi connectivity index (χ2v) is 9.15. The van der Waals surface area contributed by atoms with Crippen LogP contribution >= 0.6 is 11.8 Å². The molecule has 0 spiro atoms. The summed E-state index contributed by atoms with van der Waals surface area (Å²) in [5.41, 5.74) is 4.70. The molecule has 1 aliphatic heterocycles. The summed E-state index contributed by atoms with van der Waals surface area (Å²) >= 11 is 1.39. The number of amides is 1. The smallest absolute Gasteiger partial charge is 0.234 e. The van der Waals surface area contributed by atoms with Crippen molar-refractivity contribution in [1.82, 2.24) is 9.97 Å². The van der Waals surface area contributed by atoms with E-state index >= 15 is 0 Å². The van der Waals surface area contributed by atoms with E-state index in [0.717, 1.165) is 44.5 Å². The van der Waals surface area contributed by atoms with Crippen LogP contribution in [0.5, 0.6) is 17.4 Å². The number of nitrogens with one attached hydrogen (secondary N) is 1. The number of nitrogens with zero attached hydrogens (tertiary/aromatic N) is 2. The Morgan fingerprint density at radius 3 is 2.69 bits per heavy atom. The van der Waals surface area contributed by atoms with Gasteiger partial charge in [0.25, 0.3) is 0 Å². The Morgan fingerprint density at radius 2 is 1.89 bits per heavy atom. The van der Waals surface area contributed by atoms with Gasteiger partial charge in [-0.2, -0.15) is 4.98 Å². The standard InChI is InChI=1S/C28H25N3O3S/c1-3-33-22-13-11-19(12-14-22)26-30-27-23(16-20-8-4-5-10-24(20)34-27)28(31-26)35-17-25(32)29-21-9-6-7-18(2)15-21/h4-15H,3,16-17H2,1-2H3,(H,29,32). The number of thioether (sulfide) groups is 1. The molecule has 0 atom stereocenters. The Balaban J connectivity index is 1.43. The van der Waals surface area contributed by atoms with Crippen molar-refractivity contribution in [3.05, 3.63) is 89.5 Å². The minimum atomic E-state index is -0.0901. The van der Waals surface area contributed by atoms with E-state index in [2.05, 4.69) is 5.32 Å². The molecule has 6 nitrogen and oxygen atoms in total.